The van der Waals surface area contributed by atoms with E-state index in [1.54, 1.807) is 6.92 Å². The van der Waals surface area contributed by atoms with Crippen molar-refractivity contribution in [1.29, 1.82) is 0 Å². The standard InChI is InChI=1S/C13H18O3/c1-10(14)12-4-2-3-5-13(12)16-9-11-6-7-15-8-11/h2-5,10-11,14H,6-9H2,1H3/t10-,11?/m1/s1. The monoisotopic (exact) mass is 222 g/mol. The fraction of sp³-hybridized carbons (Fsp3) is 0.538. The van der Waals surface area contributed by atoms with E-state index in [0.717, 1.165) is 30.9 Å². The number of benzene rings is 1. The molecule has 1 unspecified atom stereocenters. The van der Waals surface area contributed by atoms with Crippen LogP contribution in [0.15, 0.2) is 24.3 Å². The molecule has 0 amide bonds. The summed E-state index contributed by atoms with van der Waals surface area (Å²) in [6, 6.07) is 7.63. The third-order valence-electron chi connectivity index (χ3n) is 2.87. The largest absolute Gasteiger partial charge is 0.493 e. The van der Waals surface area contributed by atoms with Crippen molar-refractivity contribution in [2.75, 3.05) is 19.8 Å². The van der Waals surface area contributed by atoms with Crippen molar-refractivity contribution in [1.82, 2.24) is 0 Å². The maximum absolute atomic E-state index is 9.59. The highest BCUT2D eigenvalue weighted by Gasteiger charge is 2.17. The van der Waals surface area contributed by atoms with Crippen molar-refractivity contribution in [3.05, 3.63) is 29.8 Å². The lowest BCUT2D eigenvalue weighted by Crippen LogP contribution is -2.12. The first-order valence-corrected chi connectivity index (χ1v) is 5.75. The van der Waals surface area contributed by atoms with Crippen LogP contribution in [-0.4, -0.2) is 24.9 Å². The van der Waals surface area contributed by atoms with E-state index in [1.807, 2.05) is 24.3 Å². The Kier molecular flexibility index (Phi) is 3.80. The van der Waals surface area contributed by atoms with Crippen LogP contribution < -0.4 is 4.74 Å². The van der Waals surface area contributed by atoms with Crippen molar-refractivity contribution in [2.45, 2.75) is 19.4 Å². The van der Waals surface area contributed by atoms with Crippen molar-refractivity contribution >= 4 is 0 Å². The molecule has 16 heavy (non-hydrogen) atoms. The van der Waals surface area contributed by atoms with E-state index in [4.69, 9.17) is 9.47 Å². The molecule has 0 bridgehead atoms. The number of aliphatic hydroxyl groups is 1. The van der Waals surface area contributed by atoms with E-state index < -0.39 is 6.10 Å². The molecule has 1 fully saturated rings. The fourth-order valence-corrected chi connectivity index (χ4v) is 1.88. The number of aliphatic hydroxyl groups excluding tert-OH is 1. The molecule has 88 valence electrons. The van der Waals surface area contributed by atoms with Crippen LogP contribution in [-0.2, 0) is 4.74 Å². The molecule has 1 heterocycles. The molecule has 1 N–H and O–H groups in total. The number of hydrogen-bond acceptors (Lipinski definition) is 3. The normalized spacial score (nSPS) is 22.0. The summed E-state index contributed by atoms with van der Waals surface area (Å²) in [7, 11) is 0. The van der Waals surface area contributed by atoms with E-state index in [9.17, 15) is 5.11 Å². The highest BCUT2D eigenvalue weighted by Crippen LogP contribution is 2.25. The van der Waals surface area contributed by atoms with Gasteiger partial charge in [-0.2, -0.15) is 0 Å². The molecule has 0 saturated carbocycles. The molecule has 0 radical (unpaired) electrons. The van der Waals surface area contributed by atoms with Crippen LogP contribution in [0.25, 0.3) is 0 Å². The van der Waals surface area contributed by atoms with Crippen LogP contribution in [0.4, 0.5) is 0 Å². The van der Waals surface area contributed by atoms with Gasteiger partial charge < -0.3 is 14.6 Å². The van der Waals surface area contributed by atoms with Gasteiger partial charge in [-0.15, -0.1) is 0 Å². The van der Waals surface area contributed by atoms with Gasteiger partial charge in [-0.3, -0.25) is 0 Å². The zero-order valence-corrected chi connectivity index (χ0v) is 9.56. The Bertz CT molecular complexity index is 330. The molecular weight excluding hydrogens is 204 g/mol. The van der Waals surface area contributed by atoms with Gasteiger partial charge in [-0.05, 0) is 19.4 Å². The maximum atomic E-state index is 9.59. The minimum absolute atomic E-state index is 0.488. The van der Waals surface area contributed by atoms with Crippen LogP contribution in [0, 0.1) is 5.92 Å². The Labute approximate surface area is 96.0 Å². The van der Waals surface area contributed by atoms with Gasteiger partial charge in [-0.25, -0.2) is 0 Å². The van der Waals surface area contributed by atoms with Gasteiger partial charge in [0, 0.05) is 18.1 Å². The van der Waals surface area contributed by atoms with Gasteiger partial charge in [0.2, 0.25) is 0 Å². The molecule has 0 aliphatic carbocycles. The van der Waals surface area contributed by atoms with Gasteiger partial charge in [0.25, 0.3) is 0 Å². The Morgan fingerprint density at radius 1 is 1.50 bits per heavy atom. The molecule has 2 atom stereocenters. The lowest BCUT2D eigenvalue weighted by Gasteiger charge is -2.15. The summed E-state index contributed by atoms with van der Waals surface area (Å²) >= 11 is 0. The molecule has 1 aliphatic rings. The first-order chi connectivity index (χ1) is 7.77. The molecule has 3 heteroatoms. The first-order valence-electron chi connectivity index (χ1n) is 5.75. The highest BCUT2D eigenvalue weighted by atomic mass is 16.5. The predicted molar refractivity (Wildman–Crippen MR) is 61.5 cm³/mol. The molecule has 1 aliphatic heterocycles. The number of rotatable bonds is 4. The van der Waals surface area contributed by atoms with E-state index in [-0.39, 0.29) is 0 Å². The van der Waals surface area contributed by atoms with Crippen LogP contribution in [0.2, 0.25) is 0 Å². The second kappa shape index (κ2) is 5.32. The Hall–Kier alpha value is -1.06. The van der Waals surface area contributed by atoms with Crippen molar-refractivity contribution in [3.63, 3.8) is 0 Å². The zero-order chi connectivity index (χ0) is 11.4. The SMILES string of the molecule is C[C@@H](O)c1ccccc1OCC1CCOC1. The van der Waals surface area contributed by atoms with Crippen molar-refractivity contribution < 1.29 is 14.6 Å². The second-order valence-electron chi connectivity index (χ2n) is 4.25. The molecule has 0 spiro atoms. The summed E-state index contributed by atoms with van der Waals surface area (Å²) < 4.78 is 11.0. The summed E-state index contributed by atoms with van der Waals surface area (Å²) in [6.45, 7) is 4.05. The van der Waals surface area contributed by atoms with E-state index >= 15 is 0 Å². The number of ether oxygens (including phenoxy) is 2. The summed E-state index contributed by atoms with van der Waals surface area (Å²) in [5.74, 6) is 1.27. The van der Waals surface area contributed by atoms with Crippen molar-refractivity contribution in [2.24, 2.45) is 5.92 Å². The van der Waals surface area contributed by atoms with Crippen LogP contribution in [0.1, 0.15) is 25.0 Å². The van der Waals surface area contributed by atoms with E-state index in [1.165, 1.54) is 0 Å². The van der Waals surface area contributed by atoms with Crippen LogP contribution in [0.5, 0.6) is 5.75 Å². The predicted octanol–water partition coefficient (Wildman–Crippen LogP) is 2.16. The Morgan fingerprint density at radius 3 is 3.00 bits per heavy atom. The molecule has 3 nitrogen and oxygen atoms in total. The Balaban J connectivity index is 1.97. The minimum atomic E-state index is -0.490. The van der Waals surface area contributed by atoms with Crippen molar-refractivity contribution in [3.8, 4) is 5.75 Å². The van der Waals surface area contributed by atoms with Crippen LogP contribution >= 0.6 is 0 Å². The van der Waals surface area contributed by atoms with E-state index in [2.05, 4.69) is 0 Å². The summed E-state index contributed by atoms with van der Waals surface area (Å²) in [4.78, 5) is 0. The zero-order valence-electron chi connectivity index (χ0n) is 9.56. The average molecular weight is 222 g/mol. The fourth-order valence-electron chi connectivity index (χ4n) is 1.88. The lowest BCUT2D eigenvalue weighted by atomic mass is 10.1. The van der Waals surface area contributed by atoms with Crippen LogP contribution in [0.3, 0.4) is 0 Å². The molecule has 1 saturated heterocycles. The molecule has 1 aromatic rings. The first kappa shape index (κ1) is 11.4. The third-order valence-corrected chi connectivity index (χ3v) is 2.87. The maximum Gasteiger partial charge on any atom is 0.125 e. The Morgan fingerprint density at radius 2 is 2.31 bits per heavy atom. The van der Waals surface area contributed by atoms with Gasteiger partial charge in [0.05, 0.1) is 19.3 Å². The quantitative estimate of drug-likeness (QED) is 0.848. The molecule has 2 rings (SSSR count). The topological polar surface area (TPSA) is 38.7 Å². The smallest absolute Gasteiger partial charge is 0.125 e. The van der Waals surface area contributed by atoms with E-state index in [0.29, 0.717) is 12.5 Å². The molecule has 0 aromatic heterocycles. The van der Waals surface area contributed by atoms with Gasteiger partial charge in [-0.1, -0.05) is 18.2 Å². The third kappa shape index (κ3) is 2.74. The lowest BCUT2D eigenvalue weighted by molar-refractivity contribution is 0.162. The summed E-state index contributed by atoms with van der Waals surface area (Å²) in [5.41, 5.74) is 0.849. The average Bonchev–Trinajstić information content (AvgIpc) is 2.79. The molecular formula is C13H18O3. The van der Waals surface area contributed by atoms with Gasteiger partial charge in [0.15, 0.2) is 0 Å². The molecule has 1 aromatic carbocycles. The highest BCUT2D eigenvalue weighted by molar-refractivity contribution is 5.34. The number of hydrogen-bond donors (Lipinski definition) is 1. The summed E-state index contributed by atoms with van der Waals surface area (Å²) in [6.07, 6.45) is 0.577. The van der Waals surface area contributed by atoms with Gasteiger partial charge in [0.1, 0.15) is 5.75 Å². The van der Waals surface area contributed by atoms with Gasteiger partial charge >= 0.3 is 0 Å². The number of para-hydroxylation sites is 1. The minimum Gasteiger partial charge on any atom is -0.493 e. The summed E-state index contributed by atoms with van der Waals surface area (Å²) in [5, 5.41) is 9.59. The second-order valence-corrected chi connectivity index (χ2v) is 4.25.